The van der Waals surface area contributed by atoms with Crippen molar-refractivity contribution >= 4 is 11.7 Å². The number of nitrogens with one attached hydrogen (secondary N) is 1. The van der Waals surface area contributed by atoms with Gasteiger partial charge in [0.2, 0.25) is 5.91 Å². The van der Waals surface area contributed by atoms with Crippen molar-refractivity contribution in [2.45, 2.75) is 46.2 Å². The highest BCUT2D eigenvalue weighted by Gasteiger charge is 2.16. The van der Waals surface area contributed by atoms with E-state index in [0.717, 1.165) is 19.3 Å². The third kappa shape index (κ3) is 22.4. The lowest BCUT2D eigenvalue weighted by atomic mass is 10.00. The van der Waals surface area contributed by atoms with Gasteiger partial charge < -0.3 is 33.7 Å². The zero-order valence-corrected chi connectivity index (χ0v) is 20.6. The van der Waals surface area contributed by atoms with Gasteiger partial charge in [0.05, 0.1) is 79.2 Å². The molecule has 1 amide bonds. The molecule has 33 heavy (non-hydrogen) atoms. The number of alkyl halides is 1. The van der Waals surface area contributed by atoms with Crippen molar-refractivity contribution in [2.24, 2.45) is 5.92 Å². The third-order valence-electron chi connectivity index (χ3n) is 4.46. The van der Waals surface area contributed by atoms with E-state index in [2.05, 4.69) is 5.32 Å². The molecule has 0 aliphatic rings. The number of rotatable bonds is 25. The zero-order chi connectivity index (χ0) is 24.6. The molecule has 0 aliphatic heterocycles. The first-order valence-corrected chi connectivity index (χ1v) is 11.9. The summed E-state index contributed by atoms with van der Waals surface area (Å²) in [6, 6.07) is 0. The number of carbonyl (C=O) groups excluding carboxylic acids is 2. The smallest absolute Gasteiger partial charge is 0.223 e. The second-order valence-electron chi connectivity index (χ2n) is 7.52. The van der Waals surface area contributed by atoms with Crippen LogP contribution >= 0.6 is 0 Å². The van der Waals surface area contributed by atoms with Crippen molar-refractivity contribution in [3.63, 3.8) is 0 Å². The molecule has 0 heterocycles. The Hall–Kier alpha value is -1.17. The van der Waals surface area contributed by atoms with Crippen LogP contribution in [0.4, 0.5) is 4.39 Å². The molecule has 196 valence electrons. The van der Waals surface area contributed by atoms with Crippen LogP contribution in [0.2, 0.25) is 0 Å². The van der Waals surface area contributed by atoms with Crippen molar-refractivity contribution < 1.29 is 42.4 Å². The van der Waals surface area contributed by atoms with Gasteiger partial charge in [-0.1, -0.05) is 20.3 Å². The van der Waals surface area contributed by atoms with Gasteiger partial charge in [-0.05, 0) is 19.8 Å². The van der Waals surface area contributed by atoms with Crippen LogP contribution < -0.4 is 5.32 Å². The van der Waals surface area contributed by atoms with E-state index >= 15 is 0 Å². The second kappa shape index (κ2) is 24.0. The Morgan fingerprint density at radius 1 is 0.758 bits per heavy atom. The molecule has 0 aromatic carbocycles. The van der Waals surface area contributed by atoms with Crippen LogP contribution in [-0.4, -0.2) is 104 Å². The highest BCUT2D eigenvalue weighted by atomic mass is 19.1. The van der Waals surface area contributed by atoms with E-state index in [4.69, 9.17) is 28.4 Å². The molecule has 0 saturated carbocycles. The topological polar surface area (TPSA) is 102 Å². The van der Waals surface area contributed by atoms with Crippen molar-refractivity contribution in [3.8, 4) is 0 Å². The largest absolute Gasteiger partial charge is 0.377 e. The van der Waals surface area contributed by atoms with E-state index in [1.165, 1.54) is 6.92 Å². The van der Waals surface area contributed by atoms with Gasteiger partial charge in [-0.2, -0.15) is 0 Å². The number of ketones is 1. The van der Waals surface area contributed by atoms with Crippen LogP contribution in [0.15, 0.2) is 0 Å². The van der Waals surface area contributed by atoms with Crippen molar-refractivity contribution in [3.05, 3.63) is 0 Å². The summed E-state index contributed by atoms with van der Waals surface area (Å²) in [5.41, 5.74) is 0. The fourth-order valence-corrected chi connectivity index (χ4v) is 2.71. The maximum Gasteiger partial charge on any atom is 0.223 e. The van der Waals surface area contributed by atoms with E-state index in [1.54, 1.807) is 0 Å². The van der Waals surface area contributed by atoms with E-state index in [9.17, 15) is 14.0 Å². The van der Waals surface area contributed by atoms with Gasteiger partial charge in [0.25, 0.3) is 0 Å². The van der Waals surface area contributed by atoms with E-state index in [-0.39, 0.29) is 44.0 Å². The predicted octanol–water partition coefficient (Wildman–Crippen LogP) is 1.96. The van der Waals surface area contributed by atoms with Gasteiger partial charge in [-0.15, -0.1) is 0 Å². The first kappa shape index (κ1) is 31.8. The fourth-order valence-electron chi connectivity index (χ4n) is 2.71. The van der Waals surface area contributed by atoms with Crippen molar-refractivity contribution in [1.29, 1.82) is 0 Å². The third-order valence-corrected chi connectivity index (χ3v) is 4.46. The number of hydrogen-bond donors (Lipinski definition) is 1. The lowest BCUT2D eigenvalue weighted by Crippen LogP contribution is -2.36. The molecule has 2 unspecified atom stereocenters. The molecule has 0 aromatic rings. The van der Waals surface area contributed by atoms with Crippen LogP contribution in [0.3, 0.4) is 0 Å². The lowest BCUT2D eigenvalue weighted by molar-refractivity contribution is -0.125. The first-order chi connectivity index (χ1) is 16.0. The highest BCUT2D eigenvalue weighted by molar-refractivity contribution is 5.78. The van der Waals surface area contributed by atoms with Gasteiger partial charge in [0, 0.05) is 5.92 Å². The molecule has 0 spiro atoms. The molecule has 0 radical (unpaired) electrons. The minimum absolute atomic E-state index is 0.00620. The number of amides is 1. The predicted molar refractivity (Wildman–Crippen MR) is 122 cm³/mol. The lowest BCUT2D eigenvalue weighted by Gasteiger charge is -2.15. The first-order valence-electron chi connectivity index (χ1n) is 11.9. The molecule has 0 aliphatic carbocycles. The standard InChI is InChI=1S/C23H44FNO8/c1-4-6-21(5-2)23(27)25-17-22(24)19-33-16-14-31-12-10-29-8-7-28-9-11-30-13-15-32-18-20(3)26/h21-22H,4-19H2,1-3H3,(H,25,27). The van der Waals surface area contributed by atoms with E-state index in [1.807, 2.05) is 13.8 Å². The Morgan fingerprint density at radius 2 is 1.21 bits per heavy atom. The molecule has 9 nitrogen and oxygen atoms in total. The van der Waals surface area contributed by atoms with Crippen LogP contribution in [0.5, 0.6) is 0 Å². The number of hydrogen-bond acceptors (Lipinski definition) is 8. The van der Waals surface area contributed by atoms with Gasteiger partial charge in [-0.25, -0.2) is 4.39 Å². The molecule has 10 heteroatoms. The van der Waals surface area contributed by atoms with Crippen LogP contribution in [0, 0.1) is 5.92 Å². The molecule has 1 N–H and O–H groups in total. The highest BCUT2D eigenvalue weighted by Crippen LogP contribution is 2.10. The summed E-state index contributed by atoms with van der Waals surface area (Å²) in [5.74, 6) is -0.139. The summed E-state index contributed by atoms with van der Waals surface area (Å²) < 4.78 is 45.5. The van der Waals surface area contributed by atoms with Gasteiger partial charge in [0.1, 0.15) is 12.8 Å². The molecule has 0 fully saturated rings. The summed E-state index contributed by atoms with van der Waals surface area (Å²) in [6.45, 7) is 9.60. The summed E-state index contributed by atoms with van der Waals surface area (Å²) in [7, 11) is 0. The Kier molecular flexibility index (Phi) is 23.1. The van der Waals surface area contributed by atoms with Gasteiger partial charge in [-0.3, -0.25) is 9.59 Å². The SMILES string of the molecule is CCCC(CC)C(=O)NCC(F)COCCOCCOCCOCCOCCOCC(C)=O. The average molecular weight is 482 g/mol. The summed E-state index contributed by atoms with van der Waals surface area (Å²) in [4.78, 5) is 22.6. The maximum absolute atomic E-state index is 13.8. The number of carbonyl (C=O) groups is 2. The van der Waals surface area contributed by atoms with Crippen molar-refractivity contribution in [2.75, 3.05) is 85.8 Å². The normalized spacial score (nSPS) is 13.1. The Morgan fingerprint density at radius 3 is 1.64 bits per heavy atom. The Labute approximate surface area is 197 Å². The summed E-state index contributed by atoms with van der Waals surface area (Å²) in [5, 5.41) is 2.65. The number of ether oxygens (including phenoxy) is 6. The number of Topliss-reactive ketones (excluding diaryl/α,β-unsaturated/α-hetero) is 1. The van der Waals surface area contributed by atoms with Crippen molar-refractivity contribution in [1.82, 2.24) is 5.32 Å². The van der Waals surface area contributed by atoms with E-state index < -0.39 is 6.17 Å². The molecule has 0 saturated heterocycles. The summed E-state index contributed by atoms with van der Waals surface area (Å²) in [6.07, 6.45) is 1.28. The van der Waals surface area contributed by atoms with Gasteiger partial charge >= 0.3 is 0 Å². The number of halogens is 1. The Bertz CT molecular complexity index is 470. The van der Waals surface area contributed by atoms with Crippen LogP contribution in [0.1, 0.15) is 40.0 Å². The Balaban J connectivity index is 3.30. The minimum Gasteiger partial charge on any atom is -0.377 e. The molecule has 0 rings (SSSR count). The summed E-state index contributed by atoms with van der Waals surface area (Å²) >= 11 is 0. The van der Waals surface area contributed by atoms with E-state index in [0.29, 0.717) is 59.5 Å². The van der Waals surface area contributed by atoms with Gasteiger partial charge in [0.15, 0.2) is 5.78 Å². The average Bonchev–Trinajstić information content (AvgIpc) is 2.79. The molecule has 2 atom stereocenters. The monoisotopic (exact) mass is 481 g/mol. The quantitative estimate of drug-likeness (QED) is 0.198. The molecule has 0 bridgehead atoms. The van der Waals surface area contributed by atoms with Crippen LogP contribution in [0.25, 0.3) is 0 Å². The molecule has 0 aromatic heterocycles. The minimum atomic E-state index is -1.23. The second-order valence-corrected chi connectivity index (χ2v) is 7.52. The molecular weight excluding hydrogens is 437 g/mol. The van der Waals surface area contributed by atoms with Crippen LogP contribution in [-0.2, 0) is 38.0 Å². The maximum atomic E-state index is 13.8. The molecular formula is C23H44FNO8. The fraction of sp³-hybridized carbons (Fsp3) is 0.913. The zero-order valence-electron chi connectivity index (χ0n) is 20.6.